The highest BCUT2D eigenvalue weighted by Crippen LogP contribution is 2.44. The van der Waals surface area contributed by atoms with Crippen LogP contribution < -0.4 is 4.90 Å². The standard InChI is InChI=1S/C13H14N4/c1-9-13-11-3-2-6-16(11)12-7-14-5-4-10(12)17(13)8-15-9/h4-5,7-8,11H,2-3,6H2,1H3. The SMILES string of the molecule is Cc1ncn2c1C1CCCN1c1cnccc1-2. The molecule has 1 unspecified atom stereocenters. The Morgan fingerprint density at radius 2 is 2.29 bits per heavy atom. The van der Waals surface area contributed by atoms with E-state index in [1.807, 2.05) is 18.7 Å². The summed E-state index contributed by atoms with van der Waals surface area (Å²) in [5, 5.41) is 0. The van der Waals surface area contributed by atoms with E-state index < -0.39 is 0 Å². The van der Waals surface area contributed by atoms with Crippen molar-refractivity contribution < 1.29 is 0 Å². The Balaban J connectivity index is 2.05. The Morgan fingerprint density at radius 1 is 1.35 bits per heavy atom. The molecular formula is C13H14N4. The van der Waals surface area contributed by atoms with E-state index in [-0.39, 0.29) is 0 Å². The van der Waals surface area contributed by atoms with Gasteiger partial charge in [0.2, 0.25) is 0 Å². The molecule has 2 aromatic rings. The maximum atomic E-state index is 4.47. The highest BCUT2D eigenvalue weighted by molar-refractivity contribution is 5.66. The summed E-state index contributed by atoms with van der Waals surface area (Å²) >= 11 is 0. The van der Waals surface area contributed by atoms with Crippen LogP contribution in [0, 0.1) is 6.92 Å². The molecule has 2 aliphatic heterocycles. The van der Waals surface area contributed by atoms with Gasteiger partial charge in [-0.25, -0.2) is 4.98 Å². The number of imidazole rings is 1. The van der Waals surface area contributed by atoms with E-state index >= 15 is 0 Å². The van der Waals surface area contributed by atoms with Crippen molar-refractivity contribution in [2.75, 3.05) is 11.4 Å². The molecule has 2 aromatic heterocycles. The summed E-state index contributed by atoms with van der Waals surface area (Å²) in [4.78, 5) is 11.2. The monoisotopic (exact) mass is 226 g/mol. The van der Waals surface area contributed by atoms with Crippen molar-refractivity contribution in [3.05, 3.63) is 36.2 Å². The van der Waals surface area contributed by atoms with Crippen LogP contribution in [0.2, 0.25) is 0 Å². The first-order chi connectivity index (χ1) is 8.36. The van der Waals surface area contributed by atoms with Gasteiger partial charge in [0.25, 0.3) is 0 Å². The first-order valence-electron chi connectivity index (χ1n) is 6.11. The second kappa shape index (κ2) is 3.09. The number of hydrogen-bond donors (Lipinski definition) is 0. The second-order valence-corrected chi connectivity index (χ2v) is 4.80. The Kier molecular flexibility index (Phi) is 1.68. The van der Waals surface area contributed by atoms with Crippen LogP contribution in [0.15, 0.2) is 24.8 Å². The highest BCUT2D eigenvalue weighted by Gasteiger charge is 2.35. The van der Waals surface area contributed by atoms with Crippen molar-refractivity contribution >= 4 is 5.69 Å². The minimum Gasteiger partial charge on any atom is -0.360 e. The number of aromatic nitrogens is 3. The number of pyridine rings is 1. The van der Waals surface area contributed by atoms with Crippen LogP contribution in [0.1, 0.15) is 30.3 Å². The first-order valence-corrected chi connectivity index (χ1v) is 6.11. The topological polar surface area (TPSA) is 34.0 Å². The quantitative estimate of drug-likeness (QED) is 0.690. The molecule has 0 radical (unpaired) electrons. The number of fused-ring (bicyclic) bond motifs is 6. The summed E-state index contributed by atoms with van der Waals surface area (Å²) in [7, 11) is 0. The summed E-state index contributed by atoms with van der Waals surface area (Å²) < 4.78 is 2.23. The molecule has 1 fully saturated rings. The number of nitrogens with zero attached hydrogens (tertiary/aromatic N) is 4. The third kappa shape index (κ3) is 1.07. The van der Waals surface area contributed by atoms with E-state index in [4.69, 9.17) is 0 Å². The van der Waals surface area contributed by atoms with E-state index in [9.17, 15) is 0 Å². The van der Waals surface area contributed by atoms with Gasteiger partial charge in [-0.15, -0.1) is 0 Å². The van der Waals surface area contributed by atoms with Crippen LogP contribution in [0.5, 0.6) is 0 Å². The molecule has 0 amide bonds. The number of hydrogen-bond acceptors (Lipinski definition) is 3. The van der Waals surface area contributed by atoms with Crippen molar-refractivity contribution in [2.24, 2.45) is 0 Å². The summed E-state index contributed by atoms with van der Waals surface area (Å²) in [6.45, 7) is 3.24. The van der Waals surface area contributed by atoms with Gasteiger partial charge in [-0.3, -0.25) is 9.55 Å². The Hall–Kier alpha value is -1.84. The van der Waals surface area contributed by atoms with Gasteiger partial charge in [-0.1, -0.05) is 0 Å². The van der Waals surface area contributed by atoms with Crippen molar-refractivity contribution in [1.29, 1.82) is 0 Å². The molecule has 86 valence electrons. The molecule has 0 aliphatic carbocycles. The zero-order valence-electron chi connectivity index (χ0n) is 9.80. The molecule has 0 N–H and O–H groups in total. The first kappa shape index (κ1) is 9.22. The summed E-state index contributed by atoms with van der Waals surface area (Å²) in [5.74, 6) is 0. The molecule has 0 saturated carbocycles. The van der Waals surface area contributed by atoms with Crippen LogP contribution in [0.25, 0.3) is 5.69 Å². The lowest BCUT2D eigenvalue weighted by Gasteiger charge is -2.34. The molecule has 0 aromatic carbocycles. The fraction of sp³-hybridized carbons (Fsp3) is 0.385. The largest absolute Gasteiger partial charge is 0.360 e. The van der Waals surface area contributed by atoms with Crippen LogP contribution in [0.3, 0.4) is 0 Å². The van der Waals surface area contributed by atoms with Gasteiger partial charge in [0, 0.05) is 12.7 Å². The minimum atomic E-state index is 0.495. The second-order valence-electron chi connectivity index (χ2n) is 4.80. The van der Waals surface area contributed by atoms with Crippen LogP contribution in [0.4, 0.5) is 5.69 Å². The van der Waals surface area contributed by atoms with Crippen molar-refractivity contribution in [3.63, 3.8) is 0 Å². The van der Waals surface area contributed by atoms with Crippen molar-refractivity contribution in [1.82, 2.24) is 14.5 Å². The fourth-order valence-electron chi connectivity index (χ4n) is 3.18. The van der Waals surface area contributed by atoms with Crippen molar-refractivity contribution in [3.8, 4) is 5.69 Å². The van der Waals surface area contributed by atoms with Gasteiger partial charge < -0.3 is 4.90 Å². The van der Waals surface area contributed by atoms with Crippen LogP contribution in [-0.2, 0) is 0 Å². The molecular weight excluding hydrogens is 212 g/mol. The number of anilines is 1. The van der Waals surface area contributed by atoms with Gasteiger partial charge in [-0.05, 0) is 25.8 Å². The predicted molar refractivity (Wildman–Crippen MR) is 65.4 cm³/mol. The van der Waals surface area contributed by atoms with Crippen LogP contribution >= 0.6 is 0 Å². The lowest BCUT2D eigenvalue weighted by atomic mass is 10.1. The summed E-state index contributed by atoms with van der Waals surface area (Å²) in [5.41, 5.74) is 4.99. The van der Waals surface area contributed by atoms with E-state index in [1.165, 1.54) is 29.9 Å². The normalized spacial score (nSPS) is 21.0. The van der Waals surface area contributed by atoms with E-state index in [0.717, 1.165) is 12.2 Å². The third-order valence-electron chi connectivity index (χ3n) is 3.91. The summed E-state index contributed by atoms with van der Waals surface area (Å²) in [6.07, 6.45) is 8.25. The van der Waals surface area contributed by atoms with Crippen LogP contribution in [-0.4, -0.2) is 21.1 Å². The molecule has 4 heterocycles. The zero-order valence-corrected chi connectivity index (χ0v) is 9.80. The molecule has 17 heavy (non-hydrogen) atoms. The fourth-order valence-corrected chi connectivity index (χ4v) is 3.18. The molecule has 0 spiro atoms. The van der Waals surface area contributed by atoms with Gasteiger partial charge in [0.15, 0.2) is 0 Å². The van der Waals surface area contributed by atoms with Gasteiger partial charge in [0.1, 0.15) is 0 Å². The molecule has 2 aliphatic rings. The molecule has 1 saturated heterocycles. The average molecular weight is 226 g/mol. The van der Waals surface area contributed by atoms with Gasteiger partial charge >= 0.3 is 0 Å². The molecule has 4 heteroatoms. The third-order valence-corrected chi connectivity index (χ3v) is 3.91. The van der Waals surface area contributed by atoms with Gasteiger partial charge in [0.05, 0.1) is 41.3 Å². The maximum absolute atomic E-state index is 4.47. The predicted octanol–water partition coefficient (Wildman–Crippen LogP) is 2.23. The Bertz CT molecular complexity index is 587. The maximum Gasteiger partial charge on any atom is 0.0998 e. The Morgan fingerprint density at radius 3 is 3.24 bits per heavy atom. The average Bonchev–Trinajstić information content (AvgIpc) is 2.96. The van der Waals surface area contributed by atoms with E-state index in [2.05, 4.69) is 32.4 Å². The minimum absolute atomic E-state index is 0.495. The summed E-state index contributed by atoms with van der Waals surface area (Å²) in [6, 6.07) is 2.57. The lowest BCUT2D eigenvalue weighted by molar-refractivity contribution is 0.649. The number of aryl methyl sites for hydroxylation is 1. The van der Waals surface area contributed by atoms with Crippen molar-refractivity contribution in [2.45, 2.75) is 25.8 Å². The van der Waals surface area contributed by atoms with E-state index in [1.54, 1.807) is 0 Å². The van der Waals surface area contributed by atoms with E-state index in [0.29, 0.717) is 6.04 Å². The van der Waals surface area contributed by atoms with Gasteiger partial charge in [-0.2, -0.15) is 0 Å². The molecule has 1 atom stereocenters. The molecule has 4 nitrogen and oxygen atoms in total. The zero-order chi connectivity index (χ0) is 11.4. The number of rotatable bonds is 0. The lowest BCUT2D eigenvalue weighted by Crippen LogP contribution is -2.30. The molecule has 4 rings (SSSR count). The smallest absolute Gasteiger partial charge is 0.0998 e. The molecule has 0 bridgehead atoms. The Labute approximate surface area is 99.9 Å². The highest BCUT2D eigenvalue weighted by atomic mass is 15.3.